The summed E-state index contributed by atoms with van der Waals surface area (Å²) in [6.07, 6.45) is 2.65. The van der Waals surface area contributed by atoms with Crippen molar-refractivity contribution >= 4 is 5.65 Å². The number of pyridine rings is 1. The second-order valence-corrected chi connectivity index (χ2v) is 3.85. The number of fused-ring (bicyclic) bond motifs is 1. The Balaban J connectivity index is 2.31. The number of aryl methyl sites for hydroxylation is 1. The van der Waals surface area contributed by atoms with Crippen LogP contribution in [-0.4, -0.2) is 34.4 Å². The topological polar surface area (TPSA) is 65.4 Å². The van der Waals surface area contributed by atoms with Gasteiger partial charge in [-0.15, -0.1) is 10.2 Å². The number of aromatic nitrogens is 3. The molecule has 2 aromatic rings. The lowest BCUT2D eigenvalue weighted by Gasteiger charge is -2.10. The molecule has 2 aromatic heterocycles. The average Bonchev–Trinajstić information content (AvgIpc) is 2.68. The van der Waals surface area contributed by atoms with E-state index in [-0.39, 0.29) is 6.10 Å². The SMILES string of the molecule is COC(CN)Cc1nnc2cc(C)ccn12. The summed E-state index contributed by atoms with van der Waals surface area (Å²) < 4.78 is 7.21. The molecule has 0 fully saturated rings. The number of hydrogen-bond acceptors (Lipinski definition) is 4. The van der Waals surface area contributed by atoms with Crippen molar-refractivity contribution < 1.29 is 4.74 Å². The van der Waals surface area contributed by atoms with Gasteiger partial charge in [0, 0.05) is 26.3 Å². The van der Waals surface area contributed by atoms with Gasteiger partial charge in [0.05, 0.1) is 6.10 Å². The van der Waals surface area contributed by atoms with E-state index in [0.29, 0.717) is 13.0 Å². The van der Waals surface area contributed by atoms with Crippen molar-refractivity contribution in [3.05, 3.63) is 29.7 Å². The molecule has 2 N–H and O–H groups in total. The van der Waals surface area contributed by atoms with Crippen molar-refractivity contribution in [3.63, 3.8) is 0 Å². The van der Waals surface area contributed by atoms with E-state index in [1.807, 2.05) is 29.7 Å². The molecule has 0 saturated heterocycles. The summed E-state index contributed by atoms with van der Waals surface area (Å²) in [4.78, 5) is 0. The molecule has 0 aliphatic rings. The predicted octanol–water partition coefficient (Wildman–Crippen LogP) is 0.554. The molecule has 0 saturated carbocycles. The Kier molecular flexibility index (Phi) is 3.17. The lowest BCUT2D eigenvalue weighted by molar-refractivity contribution is 0.108. The summed E-state index contributed by atoms with van der Waals surface area (Å²) in [7, 11) is 1.66. The summed E-state index contributed by atoms with van der Waals surface area (Å²) in [5, 5.41) is 8.27. The minimum atomic E-state index is -0.00583. The Hall–Kier alpha value is -1.46. The van der Waals surface area contributed by atoms with Crippen LogP contribution >= 0.6 is 0 Å². The third kappa shape index (κ3) is 2.05. The highest BCUT2D eigenvalue weighted by Gasteiger charge is 2.11. The lowest BCUT2D eigenvalue weighted by Crippen LogP contribution is -2.25. The molecular formula is C11H16N4O. The zero-order valence-corrected chi connectivity index (χ0v) is 9.55. The molecule has 0 amide bonds. The lowest BCUT2D eigenvalue weighted by atomic mass is 10.2. The molecule has 0 aliphatic heterocycles. The Bertz CT molecular complexity index is 476. The Morgan fingerprint density at radius 2 is 2.31 bits per heavy atom. The van der Waals surface area contributed by atoms with E-state index in [1.54, 1.807) is 7.11 Å². The predicted molar refractivity (Wildman–Crippen MR) is 61.3 cm³/mol. The highest BCUT2D eigenvalue weighted by atomic mass is 16.5. The number of ether oxygens (including phenoxy) is 1. The Morgan fingerprint density at radius 3 is 3.00 bits per heavy atom. The second kappa shape index (κ2) is 4.59. The van der Waals surface area contributed by atoms with Gasteiger partial charge < -0.3 is 10.5 Å². The maximum atomic E-state index is 5.59. The summed E-state index contributed by atoms with van der Waals surface area (Å²) in [5.74, 6) is 0.882. The third-order valence-electron chi connectivity index (χ3n) is 2.64. The van der Waals surface area contributed by atoms with Gasteiger partial charge in [0.15, 0.2) is 5.65 Å². The van der Waals surface area contributed by atoms with Crippen LogP contribution in [0.4, 0.5) is 0 Å². The molecule has 1 atom stereocenters. The van der Waals surface area contributed by atoms with Crippen LogP contribution in [-0.2, 0) is 11.2 Å². The molecule has 0 aliphatic carbocycles. The van der Waals surface area contributed by atoms with Gasteiger partial charge in [-0.2, -0.15) is 0 Å². The van der Waals surface area contributed by atoms with Gasteiger partial charge in [0.2, 0.25) is 0 Å². The van der Waals surface area contributed by atoms with Crippen LogP contribution in [0.1, 0.15) is 11.4 Å². The van der Waals surface area contributed by atoms with Gasteiger partial charge in [-0.05, 0) is 24.6 Å². The molecule has 0 aromatic carbocycles. The zero-order valence-electron chi connectivity index (χ0n) is 9.55. The fraction of sp³-hybridized carbons (Fsp3) is 0.455. The normalized spacial score (nSPS) is 13.2. The molecule has 5 heteroatoms. The van der Waals surface area contributed by atoms with Gasteiger partial charge in [0.25, 0.3) is 0 Å². The summed E-state index contributed by atoms with van der Waals surface area (Å²) in [6, 6.07) is 4.03. The maximum Gasteiger partial charge on any atom is 0.161 e. The smallest absolute Gasteiger partial charge is 0.161 e. The van der Waals surface area contributed by atoms with E-state index in [1.165, 1.54) is 5.56 Å². The molecule has 2 heterocycles. The molecule has 1 unspecified atom stereocenters. The number of rotatable bonds is 4. The van der Waals surface area contributed by atoms with Crippen molar-refractivity contribution in [1.82, 2.24) is 14.6 Å². The minimum Gasteiger partial charge on any atom is -0.380 e. The van der Waals surface area contributed by atoms with E-state index in [2.05, 4.69) is 10.2 Å². The van der Waals surface area contributed by atoms with Crippen LogP contribution < -0.4 is 5.73 Å². The monoisotopic (exact) mass is 220 g/mol. The van der Waals surface area contributed by atoms with Crippen molar-refractivity contribution in [2.75, 3.05) is 13.7 Å². The Morgan fingerprint density at radius 1 is 1.50 bits per heavy atom. The van der Waals surface area contributed by atoms with Gasteiger partial charge in [0.1, 0.15) is 5.82 Å². The number of nitrogens with two attached hydrogens (primary N) is 1. The molecule has 2 rings (SSSR count). The summed E-state index contributed by atoms with van der Waals surface area (Å²) >= 11 is 0. The standard InChI is InChI=1S/C11H16N4O/c1-8-3-4-15-10(5-8)13-14-11(15)6-9(7-12)16-2/h3-5,9H,6-7,12H2,1-2H3. The van der Waals surface area contributed by atoms with Gasteiger partial charge in [-0.25, -0.2) is 0 Å². The van der Waals surface area contributed by atoms with Crippen LogP contribution in [0.15, 0.2) is 18.3 Å². The van der Waals surface area contributed by atoms with Crippen LogP contribution in [0.25, 0.3) is 5.65 Å². The van der Waals surface area contributed by atoms with Crippen LogP contribution in [0.2, 0.25) is 0 Å². The zero-order chi connectivity index (χ0) is 11.5. The number of hydrogen-bond donors (Lipinski definition) is 1. The fourth-order valence-electron chi connectivity index (χ4n) is 1.65. The molecule has 5 nitrogen and oxygen atoms in total. The van der Waals surface area contributed by atoms with Gasteiger partial charge >= 0.3 is 0 Å². The first-order valence-electron chi connectivity index (χ1n) is 5.27. The fourth-order valence-corrected chi connectivity index (χ4v) is 1.65. The van der Waals surface area contributed by atoms with E-state index >= 15 is 0 Å². The van der Waals surface area contributed by atoms with Crippen molar-refractivity contribution in [3.8, 4) is 0 Å². The molecule has 0 radical (unpaired) electrons. The van der Waals surface area contributed by atoms with Crippen molar-refractivity contribution in [2.45, 2.75) is 19.4 Å². The second-order valence-electron chi connectivity index (χ2n) is 3.85. The minimum absolute atomic E-state index is 0.00583. The average molecular weight is 220 g/mol. The number of methoxy groups -OCH3 is 1. The van der Waals surface area contributed by atoms with E-state index < -0.39 is 0 Å². The first kappa shape index (κ1) is 11.0. The van der Waals surface area contributed by atoms with Crippen LogP contribution in [0, 0.1) is 6.92 Å². The molecule has 86 valence electrons. The Labute approximate surface area is 94.2 Å². The van der Waals surface area contributed by atoms with E-state index in [4.69, 9.17) is 10.5 Å². The largest absolute Gasteiger partial charge is 0.380 e. The van der Waals surface area contributed by atoms with E-state index in [9.17, 15) is 0 Å². The van der Waals surface area contributed by atoms with Gasteiger partial charge in [-0.3, -0.25) is 4.40 Å². The van der Waals surface area contributed by atoms with Crippen LogP contribution in [0.5, 0.6) is 0 Å². The molecule has 0 bridgehead atoms. The first-order valence-corrected chi connectivity index (χ1v) is 5.27. The molecule has 16 heavy (non-hydrogen) atoms. The molecule has 0 spiro atoms. The molecular weight excluding hydrogens is 204 g/mol. The first-order chi connectivity index (χ1) is 7.74. The maximum absolute atomic E-state index is 5.59. The quantitative estimate of drug-likeness (QED) is 0.817. The third-order valence-corrected chi connectivity index (χ3v) is 2.64. The highest BCUT2D eigenvalue weighted by molar-refractivity contribution is 5.40. The summed E-state index contributed by atoms with van der Waals surface area (Å²) in [5.41, 5.74) is 7.62. The van der Waals surface area contributed by atoms with E-state index in [0.717, 1.165) is 11.5 Å². The van der Waals surface area contributed by atoms with Crippen molar-refractivity contribution in [1.29, 1.82) is 0 Å². The summed E-state index contributed by atoms with van der Waals surface area (Å²) in [6.45, 7) is 2.52. The highest BCUT2D eigenvalue weighted by Crippen LogP contribution is 2.08. The van der Waals surface area contributed by atoms with Gasteiger partial charge in [-0.1, -0.05) is 0 Å². The van der Waals surface area contributed by atoms with Crippen molar-refractivity contribution in [2.24, 2.45) is 5.73 Å². The van der Waals surface area contributed by atoms with Crippen LogP contribution in [0.3, 0.4) is 0 Å². The number of nitrogens with zero attached hydrogens (tertiary/aromatic N) is 3.